The van der Waals surface area contributed by atoms with Crippen molar-refractivity contribution in [1.29, 1.82) is 0 Å². The van der Waals surface area contributed by atoms with E-state index in [1.165, 1.54) is 0 Å². The number of halogens is 1. The molecule has 7 nitrogen and oxygen atoms in total. The smallest absolute Gasteiger partial charge is 0.390 e. The molecule has 1 N–H and O–H groups in total. The maximum Gasteiger partial charge on any atom is 0.492 e. The van der Waals surface area contributed by atoms with Crippen molar-refractivity contribution in [2.24, 2.45) is 0 Å². The van der Waals surface area contributed by atoms with E-state index in [-0.39, 0.29) is 4.73 Å². The average Bonchev–Trinajstić information content (AvgIpc) is 2.31. The average molecular weight is 223 g/mol. The predicted molar refractivity (Wildman–Crippen MR) is 36.6 cm³/mol. The maximum atomic E-state index is 10.0. The fourth-order valence-electron chi connectivity index (χ4n) is 0.479. The van der Waals surface area contributed by atoms with Gasteiger partial charge in [0.15, 0.2) is 6.73 Å². The first-order valence-electron chi connectivity index (χ1n) is 2.50. The van der Waals surface area contributed by atoms with Gasteiger partial charge < -0.3 is 15.2 Å². The summed E-state index contributed by atoms with van der Waals surface area (Å²) in [5.41, 5.74) is 0. The van der Waals surface area contributed by atoms with Crippen LogP contribution in [0, 0.1) is 10.1 Å². The standard InChI is InChI=1S/C3H3BrN4O3/c4-2-5-3(8(10)11)6-7(2)1-9/h9H,1H2. The third-order valence-electron chi connectivity index (χ3n) is 0.913. The van der Waals surface area contributed by atoms with Gasteiger partial charge in [0.1, 0.15) is 0 Å². The van der Waals surface area contributed by atoms with Gasteiger partial charge in [0, 0.05) is 21.0 Å². The molecule has 0 aromatic carbocycles. The zero-order valence-corrected chi connectivity index (χ0v) is 6.72. The molecule has 8 heteroatoms. The van der Waals surface area contributed by atoms with Gasteiger partial charge in [-0.05, 0) is 9.91 Å². The van der Waals surface area contributed by atoms with Crippen LogP contribution < -0.4 is 0 Å². The van der Waals surface area contributed by atoms with E-state index in [4.69, 9.17) is 5.11 Å². The molecule has 1 aromatic rings. The van der Waals surface area contributed by atoms with E-state index in [1.54, 1.807) is 0 Å². The molecule has 0 radical (unpaired) electrons. The first-order valence-corrected chi connectivity index (χ1v) is 3.30. The van der Waals surface area contributed by atoms with E-state index >= 15 is 0 Å². The minimum absolute atomic E-state index is 0.131. The van der Waals surface area contributed by atoms with Crippen molar-refractivity contribution in [1.82, 2.24) is 14.8 Å². The molecular weight excluding hydrogens is 220 g/mol. The molecule has 0 aliphatic heterocycles. The summed E-state index contributed by atoms with van der Waals surface area (Å²) < 4.78 is 1.09. The van der Waals surface area contributed by atoms with Gasteiger partial charge in [-0.2, -0.15) is 0 Å². The fourth-order valence-corrected chi connectivity index (χ4v) is 0.829. The van der Waals surface area contributed by atoms with E-state index in [2.05, 4.69) is 26.0 Å². The van der Waals surface area contributed by atoms with Crippen molar-refractivity contribution >= 4 is 21.9 Å². The third kappa shape index (κ3) is 1.52. The molecular formula is C3H3BrN4O3. The van der Waals surface area contributed by atoms with Gasteiger partial charge in [0.2, 0.25) is 0 Å². The van der Waals surface area contributed by atoms with Crippen LogP contribution in [0.2, 0.25) is 0 Å². The predicted octanol–water partition coefficient (Wildman–Crippen LogP) is -0.101. The summed E-state index contributed by atoms with van der Waals surface area (Å²) in [7, 11) is 0. The van der Waals surface area contributed by atoms with Crippen LogP contribution in [-0.2, 0) is 6.73 Å². The van der Waals surface area contributed by atoms with Crippen LogP contribution in [0.5, 0.6) is 0 Å². The van der Waals surface area contributed by atoms with Crippen LogP contribution in [0.25, 0.3) is 0 Å². The van der Waals surface area contributed by atoms with Gasteiger partial charge in [0.05, 0.1) is 0 Å². The number of aliphatic hydroxyl groups excluding tert-OH is 1. The number of rotatable bonds is 2. The Bertz CT molecular complexity index is 284. The summed E-state index contributed by atoms with van der Waals surface area (Å²) in [6.07, 6.45) is 0. The Labute approximate surface area is 68.9 Å². The number of nitrogens with zero attached hydrogens (tertiary/aromatic N) is 4. The molecule has 0 atom stereocenters. The first-order chi connectivity index (χ1) is 5.15. The summed E-state index contributed by atoms with van der Waals surface area (Å²) in [5.74, 6) is -0.536. The van der Waals surface area contributed by atoms with Crippen molar-refractivity contribution in [2.45, 2.75) is 6.73 Å². The monoisotopic (exact) mass is 222 g/mol. The van der Waals surface area contributed by atoms with Crippen LogP contribution in [0.1, 0.15) is 0 Å². The normalized spacial score (nSPS) is 10.0. The Balaban J connectivity index is 3.05. The van der Waals surface area contributed by atoms with Gasteiger partial charge in [-0.25, -0.2) is 0 Å². The van der Waals surface area contributed by atoms with Crippen molar-refractivity contribution in [3.63, 3.8) is 0 Å². The summed E-state index contributed by atoms with van der Waals surface area (Å²) in [6, 6.07) is 0. The van der Waals surface area contributed by atoms with Gasteiger partial charge >= 0.3 is 5.95 Å². The Hall–Kier alpha value is -1.02. The number of hydrogen-bond acceptors (Lipinski definition) is 5. The molecule has 0 spiro atoms. The van der Waals surface area contributed by atoms with Gasteiger partial charge in [0.25, 0.3) is 4.73 Å². The molecule has 1 aromatic heterocycles. The van der Waals surface area contributed by atoms with Crippen LogP contribution in [0.3, 0.4) is 0 Å². The van der Waals surface area contributed by atoms with Crippen LogP contribution in [0.4, 0.5) is 5.95 Å². The SMILES string of the molecule is O=[N+]([O-])c1nc(Br)n(CO)n1. The largest absolute Gasteiger partial charge is 0.492 e. The molecule has 0 amide bonds. The van der Waals surface area contributed by atoms with Gasteiger partial charge in [-0.1, -0.05) is 0 Å². The molecule has 0 fully saturated rings. The lowest BCUT2D eigenvalue weighted by atomic mass is 11.1. The molecule has 0 aliphatic rings. The Kier molecular flexibility index (Phi) is 2.15. The van der Waals surface area contributed by atoms with E-state index in [1.807, 2.05) is 0 Å². The molecule has 60 valence electrons. The molecule has 1 rings (SSSR count). The second-order valence-electron chi connectivity index (χ2n) is 1.58. The maximum absolute atomic E-state index is 10.0. The molecule has 0 bridgehead atoms. The number of aliphatic hydroxyl groups is 1. The highest BCUT2D eigenvalue weighted by Gasteiger charge is 2.18. The highest BCUT2D eigenvalue weighted by atomic mass is 79.9. The number of aromatic nitrogens is 3. The summed E-state index contributed by atoms with van der Waals surface area (Å²) >= 11 is 2.87. The first kappa shape index (κ1) is 8.08. The second-order valence-corrected chi connectivity index (χ2v) is 2.29. The molecule has 1 heterocycles. The van der Waals surface area contributed by atoms with E-state index in [0.29, 0.717) is 0 Å². The molecule has 11 heavy (non-hydrogen) atoms. The molecule has 0 aliphatic carbocycles. The fraction of sp³-hybridized carbons (Fsp3) is 0.333. The van der Waals surface area contributed by atoms with E-state index < -0.39 is 17.6 Å². The summed E-state index contributed by atoms with van der Waals surface area (Å²) in [6.45, 7) is -0.443. The van der Waals surface area contributed by atoms with Crippen molar-refractivity contribution in [2.75, 3.05) is 0 Å². The molecule has 0 unspecified atom stereocenters. The lowest BCUT2D eigenvalue weighted by Gasteiger charge is -1.84. The minimum Gasteiger partial charge on any atom is -0.390 e. The van der Waals surface area contributed by atoms with Crippen molar-refractivity contribution in [3.05, 3.63) is 14.8 Å². The molecule has 0 saturated carbocycles. The van der Waals surface area contributed by atoms with Gasteiger partial charge in [-0.15, -0.1) is 4.68 Å². The lowest BCUT2D eigenvalue weighted by molar-refractivity contribution is -0.394. The minimum atomic E-state index is -0.739. The summed E-state index contributed by atoms with van der Waals surface area (Å²) in [5, 5.41) is 21.9. The van der Waals surface area contributed by atoms with Crippen molar-refractivity contribution in [3.8, 4) is 0 Å². The van der Waals surface area contributed by atoms with E-state index in [0.717, 1.165) is 4.68 Å². The van der Waals surface area contributed by atoms with Crippen LogP contribution in [-0.4, -0.2) is 24.8 Å². The highest BCUT2D eigenvalue weighted by molar-refractivity contribution is 9.10. The Morgan fingerprint density at radius 1 is 1.82 bits per heavy atom. The van der Waals surface area contributed by atoms with Crippen LogP contribution in [0.15, 0.2) is 4.73 Å². The highest BCUT2D eigenvalue weighted by Crippen LogP contribution is 2.10. The Morgan fingerprint density at radius 2 is 2.45 bits per heavy atom. The summed E-state index contributed by atoms with van der Waals surface area (Å²) in [4.78, 5) is 12.7. The third-order valence-corrected chi connectivity index (χ3v) is 1.50. The van der Waals surface area contributed by atoms with Crippen LogP contribution >= 0.6 is 15.9 Å². The van der Waals surface area contributed by atoms with E-state index in [9.17, 15) is 10.1 Å². The zero-order chi connectivity index (χ0) is 8.43. The Morgan fingerprint density at radius 3 is 2.73 bits per heavy atom. The topological polar surface area (TPSA) is 94.1 Å². The second kappa shape index (κ2) is 2.93. The number of nitro groups is 1. The molecule has 0 saturated heterocycles. The quantitative estimate of drug-likeness (QED) is 0.557. The zero-order valence-electron chi connectivity index (χ0n) is 5.14. The number of hydrogen-bond donors (Lipinski definition) is 1. The van der Waals surface area contributed by atoms with Gasteiger partial charge in [-0.3, -0.25) is 0 Å². The lowest BCUT2D eigenvalue weighted by Crippen LogP contribution is -1.99. The van der Waals surface area contributed by atoms with Crippen molar-refractivity contribution < 1.29 is 10.0 Å².